The molecule has 0 aliphatic heterocycles. The predicted molar refractivity (Wildman–Crippen MR) is 78.5 cm³/mol. The number of nitrogens with zero attached hydrogens (tertiary/aromatic N) is 1. The van der Waals surface area contributed by atoms with Gasteiger partial charge in [-0.05, 0) is 39.0 Å². The zero-order valence-electron chi connectivity index (χ0n) is 11.8. The Labute approximate surface area is 120 Å². The van der Waals surface area contributed by atoms with Crippen molar-refractivity contribution < 1.29 is 18.3 Å². The van der Waals surface area contributed by atoms with Crippen molar-refractivity contribution in [2.75, 3.05) is 26.4 Å². The smallest absolute Gasteiger partial charge is 0.322 e. The fraction of sp³-hybridized carbons (Fsp3) is 0.500. The highest BCUT2D eigenvalue weighted by Crippen LogP contribution is 2.13. The Morgan fingerprint density at radius 3 is 2.35 bits per heavy atom. The van der Waals surface area contributed by atoms with Gasteiger partial charge in [0.05, 0.1) is 5.75 Å². The van der Waals surface area contributed by atoms with Crippen LogP contribution in [0.5, 0.6) is 0 Å². The zero-order valence-corrected chi connectivity index (χ0v) is 12.6. The van der Waals surface area contributed by atoms with Crippen LogP contribution in [-0.4, -0.2) is 56.0 Å². The van der Waals surface area contributed by atoms with Gasteiger partial charge in [0.2, 0.25) is 0 Å². The van der Waals surface area contributed by atoms with Gasteiger partial charge in [-0.2, -0.15) is 0 Å². The van der Waals surface area contributed by atoms with Gasteiger partial charge in [0.25, 0.3) is 0 Å². The molecule has 0 spiro atoms. The topological polar surface area (TPSA) is 74.7 Å². The Kier molecular flexibility index (Phi) is 6.16. The maximum absolute atomic E-state index is 12.2. The first kappa shape index (κ1) is 16.7. The number of hydrogen-bond acceptors (Lipinski definition) is 4. The second-order valence-electron chi connectivity index (χ2n) is 5.04. The van der Waals surface area contributed by atoms with Crippen molar-refractivity contribution >= 4 is 15.8 Å². The maximum Gasteiger partial charge on any atom is 0.322 e. The third-order valence-corrected chi connectivity index (χ3v) is 5.10. The number of carboxylic acids is 1. The fourth-order valence-electron chi connectivity index (χ4n) is 1.92. The molecule has 0 bridgehead atoms. The zero-order chi connectivity index (χ0) is 15.2. The van der Waals surface area contributed by atoms with Gasteiger partial charge < -0.3 is 10.0 Å². The number of carbonyl (C=O) groups is 1. The number of rotatable bonds is 8. The Balaban J connectivity index is 2.77. The van der Waals surface area contributed by atoms with Crippen molar-refractivity contribution in [2.24, 2.45) is 0 Å². The lowest BCUT2D eigenvalue weighted by atomic mass is 10.1. The lowest BCUT2D eigenvalue weighted by Gasteiger charge is -2.15. The lowest BCUT2D eigenvalue weighted by Crippen LogP contribution is -2.34. The first-order valence-corrected chi connectivity index (χ1v) is 8.17. The van der Waals surface area contributed by atoms with Crippen molar-refractivity contribution in [3.05, 3.63) is 35.9 Å². The van der Waals surface area contributed by atoms with Crippen LogP contribution in [0.3, 0.4) is 0 Å². The summed E-state index contributed by atoms with van der Waals surface area (Å²) in [5.41, 5.74) is 0.719. The van der Waals surface area contributed by atoms with Crippen LogP contribution < -0.4 is 0 Å². The molecule has 1 atom stereocenters. The summed E-state index contributed by atoms with van der Waals surface area (Å²) in [7, 11) is 0.0632. The summed E-state index contributed by atoms with van der Waals surface area (Å²) < 4.78 is 24.3. The van der Waals surface area contributed by atoms with Gasteiger partial charge in [0.15, 0.2) is 15.1 Å². The molecule has 0 saturated heterocycles. The summed E-state index contributed by atoms with van der Waals surface area (Å²) in [5.74, 6) is -1.38. The first-order valence-electron chi connectivity index (χ1n) is 6.46. The highest BCUT2D eigenvalue weighted by Gasteiger charge is 2.32. The molecule has 1 N–H and O–H groups in total. The number of benzene rings is 1. The molecule has 1 unspecified atom stereocenters. The summed E-state index contributed by atoms with van der Waals surface area (Å²) in [6.45, 7) is 0.622. The van der Waals surface area contributed by atoms with Crippen molar-refractivity contribution in [1.82, 2.24) is 4.90 Å². The van der Waals surface area contributed by atoms with E-state index in [0.717, 1.165) is 5.56 Å². The summed E-state index contributed by atoms with van der Waals surface area (Å²) in [4.78, 5) is 13.1. The molecule has 0 radical (unpaired) electrons. The van der Waals surface area contributed by atoms with E-state index in [2.05, 4.69) is 0 Å². The number of hydrogen-bond donors (Lipinski definition) is 1. The third-order valence-electron chi connectivity index (χ3n) is 3.01. The van der Waals surface area contributed by atoms with Gasteiger partial charge in [-0.1, -0.05) is 30.3 Å². The second-order valence-corrected chi connectivity index (χ2v) is 7.34. The molecular weight excluding hydrogens is 278 g/mol. The van der Waals surface area contributed by atoms with E-state index in [0.29, 0.717) is 13.0 Å². The standard InChI is InChI=1S/C14H21NO4S/c1-15(2)9-6-10-20(18,19)13(14(16)17)11-12-7-4-3-5-8-12/h3-5,7-8,13H,6,9-11H2,1-2H3,(H,16,17). The number of aliphatic carboxylic acids is 1. The number of carboxylic acid groups (broad SMARTS) is 1. The Hall–Kier alpha value is -1.40. The van der Waals surface area contributed by atoms with Gasteiger partial charge in [-0.15, -0.1) is 0 Å². The minimum absolute atomic E-state index is 0.0144. The van der Waals surface area contributed by atoms with E-state index in [1.165, 1.54) is 0 Å². The van der Waals surface area contributed by atoms with Gasteiger partial charge in [0, 0.05) is 0 Å². The van der Waals surface area contributed by atoms with Crippen LogP contribution in [0.15, 0.2) is 30.3 Å². The van der Waals surface area contributed by atoms with Crippen molar-refractivity contribution in [1.29, 1.82) is 0 Å². The van der Waals surface area contributed by atoms with Gasteiger partial charge >= 0.3 is 5.97 Å². The van der Waals surface area contributed by atoms with Crippen LogP contribution in [0, 0.1) is 0 Å². The van der Waals surface area contributed by atoms with Crippen molar-refractivity contribution in [3.8, 4) is 0 Å². The normalized spacial score (nSPS) is 13.3. The molecule has 20 heavy (non-hydrogen) atoms. The van der Waals surface area contributed by atoms with E-state index < -0.39 is 21.1 Å². The van der Waals surface area contributed by atoms with Crippen molar-refractivity contribution in [3.63, 3.8) is 0 Å². The molecule has 0 amide bonds. The minimum Gasteiger partial charge on any atom is -0.480 e. The molecule has 0 heterocycles. The molecule has 0 aliphatic carbocycles. The van der Waals surface area contributed by atoms with Gasteiger partial charge in [0.1, 0.15) is 0 Å². The van der Waals surface area contributed by atoms with Crippen LogP contribution in [0.4, 0.5) is 0 Å². The van der Waals surface area contributed by atoms with Crippen LogP contribution in [-0.2, 0) is 21.1 Å². The van der Waals surface area contributed by atoms with Gasteiger partial charge in [-0.25, -0.2) is 8.42 Å². The average Bonchev–Trinajstić information content (AvgIpc) is 2.36. The lowest BCUT2D eigenvalue weighted by molar-refractivity contribution is -0.136. The Morgan fingerprint density at radius 2 is 1.85 bits per heavy atom. The second kappa shape index (κ2) is 7.40. The maximum atomic E-state index is 12.2. The first-order chi connectivity index (χ1) is 9.33. The summed E-state index contributed by atoms with van der Waals surface area (Å²) in [6.07, 6.45) is 0.453. The monoisotopic (exact) mass is 299 g/mol. The van der Waals surface area contributed by atoms with E-state index in [4.69, 9.17) is 0 Å². The molecular formula is C14H21NO4S. The molecule has 1 rings (SSSR count). The Bertz CT molecular complexity index is 525. The van der Waals surface area contributed by atoms with Crippen LogP contribution in [0.2, 0.25) is 0 Å². The van der Waals surface area contributed by atoms with Crippen LogP contribution >= 0.6 is 0 Å². The number of sulfone groups is 1. The molecule has 6 heteroatoms. The molecule has 112 valence electrons. The molecule has 0 saturated carbocycles. The van der Waals surface area contributed by atoms with Crippen LogP contribution in [0.1, 0.15) is 12.0 Å². The van der Waals surface area contributed by atoms with E-state index in [-0.39, 0.29) is 12.2 Å². The van der Waals surface area contributed by atoms with E-state index in [1.54, 1.807) is 24.3 Å². The van der Waals surface area contributed by atoms with E-state index in [1.807, 2.05) is 25.1 Å². The molecule has 5 nitrogen and oxygen atoms in total. The predicted octanol–water partition coefficient (Wildman–Crippen LogP) is 1.05. The van der Waals surface area contributed by atoms with E-state index >= 15 is 0 Å². The molecule has 0 aliphatic rings. The SMILES string of the molecule is CN(C)CCCS(=O)(=O)C(Cc1ccccc1)C(=O)O. The highest BCUT2D eigenvalue weighted by atomic mass is 32.2. The highest BCUT2D eigenvalue weighted by molar-refractivity contribution is 7.92. The summed E-state index contributed by atoms with van der Waals surface area (Å²) in [5, 5.41) is 7.82. The quantitative estimate of drug-likeness (QED) is 0.776. The minimum atomic E-state index is -3.64. The third kappa shape index (κ3) is 5.30. The summed E-state index contributed by atoms with van der Waals surface area (Å²) in [6, 6.07) is 8.83. The molecule has 0 fully saturated rings. The largest absolute Gasteiger partial charge is 0.480 e. The Morgan fingerprint density at radius 1 is 1.25 bits per heavy atom. The van der Waals surface area contributed by atoms with Gasteiger partial charge in [-0.3, -0.25) is 4.79 Å². The fourth-order valence-corrected chi connectivity index (χ4v) is 3.49. The molecule has 1 aromatic carbocycles. The van der Waals surface area contributed by atoms with Crippen LogP contribution in [0.25, 0.3) is 0 Å². The van der Waals surface area contributed by atoms with Crippen molar-refractivity contribution in [2.45, 2.75) is 18.1 Å². The average molecular weight is 299 g/mol. The summed E-state index contributed by atoms with van der Waals surface area (Å²) >= 11 is 0. The molecule has 0 aromatic heterocycles. The molecule has 1 aromatic rings. The van der Waals surface area contributed by atoms with E-state index in [9.17, 15) is 18.3 Å².